The molecule has 30 heavy (non-hydrogen) atoms. The number of aromatic nitrogens is 2. The SMILES string of the molecule is Cc1cc(C)nc(NS(=O)(=O)c2ccc(NC(=O)C=Cc3ccc(Cl)cc3)cc2)n1. The van der Waals surface area contributed by atoms with Crippen LogP contribution in [0, 0.1) is 13.8 Å². The number of anilines is 2. The van der Waals surface area contributed by atoms with E-state index >= 15 is 0 Å². The lowest BCUT2D eigenvalue weighted by molar-refractivity contribution is -0.111. The van der Waals surface area contributed by atoms with Gasteiger partial charge in [-0.1, -0.05) is 23.7 Å². The first-order chi connectivity index (χ1) is 14.2. The normalized spacial score (nSPS) is 11.4. The highest BCUT2D eigenvalue weighted by atomic mass is 35.5. The number of rotatable bonds is 6. The first-order valence-corrected chi connectivity index (χ1v) is 10.8. The van der Waals surface area contributed by atoms with E-state index in [4.69, 9.17) is 11.6 Å². The maximum absolute atomic E-state index is 12.5. The van der Waals surface area contributed by atoms with Gasteiger partial charge in [0.2, 0.25) is 11.9 Å². The molecule has 0 saturated heterocycles. The number of benzene rings is 2. The molecule has 0 saturated carbocycles. The van der Waals surface area contributed by atoms with E-state index in [0.29, 0.717) is 22.1 Å². The highest BCUT2D eigenvalue weighted by molar-refractivity contribution is 7.92. The number of sulfonamides is 1. The van der Waals surface area contributed by atoms with E-state index in [2.05, 4.69) is 20.0 Å². The van der Waals surface area contributed by atoms with E-state index < -0.39 is 10.0 Å². The molecular formula is C21H19ClN4O3S. The maximum Gasteiger partial charge on any atom is 0.264 e. The monoisotopic (exact) mass is 442 g/mol. The molecule has 1 amide bonds. The molecular weight excluding hydrogens is 424 g/mol. The van der Waals surface area contributed by atoms with Gasteiger partial charge in [-0.25, -0.2) is 23.1 Å². The van der Waals surface area contributed by atoms with Gasteiger partial charge in [-0.3, -0.25) is 4.79 Å². The number of carbonyl (C=O) groups is 1. The summed E-state index contributed by atoms with van der Waals surface area (Å²) >= 11 is 5.83. The second kappa shape index (κ2) is 9.06. The number of nitrogens with one attached hydrogen (secondary N) is 2. The standard InChI is InChI=1S/C21H19ClN4O3S/c1-14-13-15(2)24-21(23-14)26-30(28,29)19-10-8-18(9-11-19)25-20(27)12-5-16-3-6-17(22)7-4-16/h3-13H,1-2H3,(H,25,27)(H,23,24,26). The second-order valence-corrected chi connectivity index (χ2v) is 8.60. The van der Waals surface area contributed by atoms with Crippen LogP contribution >= 0.6 is 11.6 Å². The largest absolute Gasteiger partial charge is 0.323 e. The van der Waals surface area contributed by atoms with Crippen molar-refractivity contribution < 1.29 is 13.2 Å². The Morgan fingerprint density at radius 3 is 2.17 bits per heavy atom. The van der Waals surface area contributed by atoms with Crippen molar-refractivity contribution in [3.8, 4) is 0 Å². The fraction of sp³-hybridized carbons (Fsp3) is 0.0952. The molecule has 7 nitrogen and oxygen atoms in total. The van der Waals surface area contributed by atoms with Crippen LogP contribution in [0.2, 0.25) is 5.02 Å². The molecule has 3 rings (SSSR count). The van der Waals surface area contributed by atoms with Crippen molar-refractivity contribution >= 4 is 45.2 Å². The lowest BCUT2D eigenvalue weighted by Crippen LogP contribution is -2.16. The molecule has 9 heteroatoms. The molecule has 0 aliphatic rings. The Balaban J connectivity index is 1.66. The van der Waals surface area contributed by atoms with Gasteiger partial charge in [0, 0.05) is 28.2 Å². The van der Waals surface area contributed by atoms with Crippen LogP contribution in [0.4, 0.5) is 11.6 Å². The van der Waals surface area contributed by atoms with E-state index in [9.17, 15) is 13.2 Å². The molecule has 0 atom stereocenters. The van der Waals surface area contributed by atoms with Crippen molar-refractivity contribution in [1.82, 2.24) is 9.97 Å². The zero-order chi connectivity index (χ0) is 21.7. The lowest BCUT2D eigenvalue weighted by Gasteiger charge is -2.09. The molecule has 0 bridgehead atoms. The number of hydrogen-bond donors (Lipinski definition) is 2. The quantitative estimate of drug-likeness (QED) is 0.557. The van der Waals surface area contributed by atoms with Gasteiger partial charge in [0.15, 0.2) is 0 Å². The number of halogens is 1. The molecule has 154 valence electrons. The number of carbonyl (C=O) groups excluding carboxylic acids is 1. The van der Waals surface area contributed by atoms with Crippen molar-refractivity contribution in [2.45, 2.75) is 18.7 Å². The fourth-order valence-corrected chi connectivity index (χ4v) is 3.67. The smallest absolute Gasteiger partial charge is 0.264 e. The van der Waals surface area contributed by atoms with Gasteiger partial charge in [0.05, 0.1) is 4.90 Å². The minimum atomic E-state index is -3.85. The molecule has 0 spiro atoms. The fourth-order valence-electron chi connectivity index (χ4n) is 2.60. The van der Waals surface area contributed by atoms with E-state index in [0.717, 1.165) is 5.56 Å². The summed E-state index contributed by atoms with van der Waals surface area (Å²) in [7, 11) is -3.85. The Bertz CT molecular complexity index is 1170. The van der Waals surface area contributed by atoms with E-state index in [1.807, 2.05) is 0 Å². The molecule has 0 aliphatic heterocycles. The minimum Gasteiger partial charge on any atom is -0.323 e. The van der Waals surface area contributed by atoms with Crippen molar-refractivity contribution in [2.24, 2.45) is 0 Å². The van der Waals surface area contributed by atoms with Crippen molar-refractivity contribution in [1.29, 1.82) is 0 Å². The average molecular weight is 443 g/mol. The lowest BCUT2D eigenvalue weighted by atomic mass is 10.2. The van der Waals surface area contributed by atoms with Gasteiger partial charge in [-0.2, -0.15) is 0 Å². The van der Waals surface area contributed by atoms with Crippen molar-refractivity contribution in [2.75, 3.05) is 10.0 Å². The summed E-state index contributed by atoms with van der Waals surface area (Å²) in [6.07, 6.45) is 3.03. The Labute approximate surface area is 179 Å². The topological polar surface area (TPSA) is 101 Å². The molecule has 0 aliphatic carbocycles. The summed E-state index contributed by atoms with van der Waals surface area (Å²) in [6, 6.07) is 14.6. The number of nitrogens with zero attached hydrogens (tertiary/aromatic N) is 2. The highest BCUT2D eigenvalue weighted by Gasteiger charge is 2.16. The third-order valence-electron chi connectivity index (χ3n) is 3.94. The Morgan fingerprint density at radius 2 is 1.57 bits per heavy atom. The third kappa shape index (κ3) is 5.88. The van der Waals surface area contributed by atoms with Crippen LogP contribution in [0.25, 0.3) is 6.08 Å². The van der Waals surface area contributed by atoms with Crippen LogP contribution < -0.4 is 10.0 Å². The first kappa shape index (κ1) is 21.5. The molecule has 0 unspecified atom stereocenters. The van der Waals surface area contributed by atoms with Gasteiger partial charge >= 0.3 is 0 Å². The minimum absolute atomic E-state index is 0.0113. The van der Waals surface area contributed by atoms with Crippen molar-refractivity contribution in [3.63, 3.8) is 0 Å². The summed E-state index contributed by atoms with van der Waals surface area (Å²) in [6.45, 7) is 3.51. The van der Waals surface area contributed by atoms with Gasteiger partial charge < -0.3 is 5.32 Å². The van der Waals surface area contributed by atoms with Gasteiger partial charge in [-0.05, 0) is 68.0 Å². The number of hydrogen-bond acceptors (Lipinski definition) is 5. The van der Waals surface area contributed by atoms with Crippen LogP contribution in [-0.4, -0.2) is 24.3 Å². The van der Waals surface area contributed by atoms with Gasteiger partial charge in [0.1, 0.15) is 0 Å². The summed E-state index contributed by atoms with van der Waals surface area (Å²) in [5, 5.41) is 3.29. The molecule has 1 aromatic heterocycles. The van der Waals surface area contributed by atoms with E-state index in [1.165, 1.54) is 30.3 Å². The maximum atomic E-state index is 12.5. The zero-order valence-corrected chi connectivity index (χ0v) is 17.8. The number of aryl methyl sites for hydroxylation is 2. The molecule has 0 radical (unpaired) electrons. The van der Waals surface area contributed by atoms with Gasteiger partial charge in [0.25, 0.3) is 10.0 Å². The van der Waals surface area contributed by atoms with Gasteiger partial charge in [-0.15, -0.1) is 0 Å². The summed E-state index contributed by atoms with van der Waals surface area (Å²) < 4.78 is 27.4. The second-order valence-electron chi connectivity index (χ2n) is 6.48. The first-order valence-electron chi connectivity index (χ1n) is 8.91. The zero-order valence-electron chi connectivity index (χ0n) is 16.3. The molecule has 1 heterocycles. The highest BCUT2D eigenvalue weighted by Crippen LogP contribution is 2.17. The van der Waals surface area contributed by atoms with Crippen LogP contribution in [0.5, 0.6) is 0 Å². The Kier molecular flexibility index (Phi) is 6.49. The Hall–Kier alpha value is -3.23. The predicted molar refractivity (Wildman–Crippen MR) is 118 cm³/mol. The summed E-state index contributed by atoms with van der Waals surface area (Å²) in [5.74, 6) is -0.334. The summed E-state index contributed by atoms with van der Waals surface area (Å²) in [4.78, 5) is 20.3. The number of amides is 1. The average Bonchev–Trinajstić information content (AvgIpc) is 2.67. The third-order valence-corrected chi connectivity index (χ3v) is 5.53. The molecule has 2 N–H and O–H groups in total. The van der Waals surface area contributed by atoms with Crippen LogP contribution in [-0.2, 0) is 14.8 Å². The molecule has 2 aromatic carbocycles. The van der Waals surface area contributed by atoms with Crippen LogP contribution in [0.3, 0.4) is 0 Å². The summed E-state index contributed by atoms with van der Waals surface area (Å²) in [5.41, 5.74) is 2.60. The van der Waals surface area contributed by atoms with Crippen molar-refractivity contribution in [3.05, 3.63) is 82.6 Å². The molecule has 0 fully saturated rings. The van der Waals surface area contributed by atoms with E-state index in [1.54, 1.807) is 50.3 Å². The van der Waals surface area contributed by atoms with Crippen LogP contribution in [0.15, 0.2) is 65.6 Å². The van der Waals surface area contributed by atoms with Crippen LogP contribution in [0.1, 0.15) is 17.0 Å². The predicted octanol–water partition coefficient (Wildman–Crippen LogP) is 4.20. The Morgan fingerprint density at radius 1 is 0.967 bits per heavy atom. The van der Waals surface area contributed by atoms with E-state index in [-0.39, 0.29) is 16.8 Å². The molecule has 3 aromatic rings.